The van der Waals surface area contributed by atoms with Crippen LogP contribution in [0.15, 0.2) is 34.9 Å². The number of nitrogens with zero attached hydrogens (tertiary/aromatic N) is 2. The highest BCUT2D eigenvalue weighted by molar-refractivity contribution is 5.93. The predicted molar refractivity (Wildman–Crippen MR) is 100 cm³/mol. The van der Waals surface area contributed by atoms with E-state index in [-0.39, 0.29) is 29.0 Å². The van der Waals surface area contributed by atoms with Crippen molar-refractivity contribution in [3.8, 4) is 11.3 Å². The number of amides is 2. The molecule has 1 fully saturated rings. The predicted octanol–water partition coefficient (Wildman–Crippen LogP) is 3.61. The summed E-state index contributed by atoms with van der Waals surface area (Å²) < 4.78 is 24.3. The summed E-state index contributed by atoms with van der Waals surface area (Å²) >= 11 is 0. The van der Waals surface area contributed by atoms with E-state index in [0.29, 0.717) is 25.9 Å². The molecule has 0 spiro atoms. The van der Waals surface area contributed by atoms with Crippen LogP contribution in [0.5, 0.6) is 0 Å². The van der Waals surface area contributed by atoms with Gasteiger partial charge < -0.3 is 19.5 Å². The number of likely N-dealkylation sites (tertiary alicyclic amines) is 1. The van der Waals surface area contributed by atoms with Crippen molar-refractivity contribution in [3.63, 3.8) is 0 Å². The van der Waals surface area contributed by atoms with Crippen LogP contribution in [0.4, 0.5) is 9.18 Å². The first-order chi connectivity index (χ1) is 13.2. The molecule has 1 aliphatic heterocycles. The Labute approximate surface area is 162 Å². The molecule has 150 valence electrons. The van der Waals surface area contributed by atoms with Gasteiger partial charge in [-0.25, -0.2) is 9.18 Å². The van der Waals surface area contributed by atoms with E-state index in [1.807, 2.05) is 0 Å². The van der Waals surface area contributed by atoms with E-state index in [0.717, 1.165) is 0 Å². The second kappa shape index (κ2) is 8.00. The van der Waals surface area contributed by atoms with E-state index >= 15 is 0 Å². The number of halogens is 1. The van der Waals surface area contributed by atoms with Gasteiger partial charge in [0, 0.05) is 25.2 Å². The first kappa shape index (κ1) is 19.9. The van der Waals surface area contributed by atoms with Crippen molar-refractivity contribution in [3.05, 3.63) is 41.8 Å². The molecule has 7 nitrogen and oxygen atoms in total. The molecule has 2 aromatic rings. The third-order valence-electron chi connectivity index (χ3n) is 4.37. The number of ether oxygens (including phenoxy) is 1. The highest BCUT2D eigenvalue weighted by Gasteiger charge is 2.28. The van der Waals surface area contributed by atoms with Crippen LogP contribution in [0.1, 0.15) is 44.1 Å². The van der Waals surface area contributed by atoms with E-state index in [1.54, 1.807) is 43.9 Å². The van der Waals surface area contributed by atoms with Gasteiger partial charge in [-0.1, -0.05) is 17.3 Å². The van der Waals surface area contributed by atoms with Gasteiger partial charge in [0.2, 0.25) is 0 Å². The summed E-state index contributed by atoms with van der Waals surface area (Å²) in [6.45, 7) is 6.37. The minimum atomic E-state index is -0.552. The van der Waals surface area contributed by atoms with Crippen LogP contribution in [0.2, 0.25) is 0 Å². The number of rotatable bonds is 3. The van der Waals surface area contributed by atoms with Gasteiger partial charge in [-0.3, -0.25) is 4.79 Å². The van der Waals surface area contributed by atoms with Crippen LogP contribution in [-0.4, -0.2) is 46.8 Å². The Kier molecular flexibility index (Phi) is 5.67. The number of piperidine rings is 1. The molecule has 0 saturated carbocycles. The summed E-state index contributed by atoms with van der Waals surface area (Å²) in [5.41, 5.74) is -0.157. The quantitative estimate of drug-likeness (QED) is 0.867. The van der Waals surface area contributed by atoms with Crippen LogP contribution in [0, 0.1) is 5.82 Å². The zero-order valence-electron chi connectivity index (χ0n) is 16.2. The zero-order valence-corrected chi connectivity index (χ0v) is 16.2. The molecule has 0 bridgehead atoms. The van der Waals surface area contributed by atoms with E-state index in [1.165, 1.54) is 12.1 Å². The van der Waals surface area contributed by atoms with E-state index in [4.69, 9.17) is 9.26 Å². The van der Waals surface area contributed by atoms with Gasteiger partial charge in [-0.15, -0.1) is 0 Å². The fourth-order valence-corrected chi connectivity index (χ4v) is 3.03. The highest BCUT2D eigenvalue weighted by atomic mass is 19.1. The summed E-state index contributed by atoms with van der Waals surface area (Å²) in [5, 5.41) is 6.63. The average molecular weight is 389 g/mol. The lowest BCUT2D eigenvalue weighted by atomic mass is 10.0. The molecule has 28 heavy (non-hydrogen) atoms. The van der Waals surface area contributed by atoms with Crippen LogP contribution in [0.25, 0.3) is 11.3 Å². The molecule has 1 aliphatic rings. The molecule has 0 atom stereocenters. The van der Waals surface area contributed by atoms with Crippen LogP contribution in [0.3, 0.4) is 0 Å². The second-order valence-corrected chi connectivity index (χ2v) is 7.77. The lowest BCUT2D eigenvalue weighted by molar-refractivity contribution is 0.0473. The number of alkyl carbamates (subject to hydrolysis) is 1. The summed E-state index contributed by atoms with van der Waals surface area (Å²) in [6.07, 6.45) is 0.773. The second-order valence-electron chi connectivity index (χ2n) is 7.77. The van der Waals surface area contributed by atoms with Gasteiger partial charge in [0.1, 0.15) is 11.4 Å². The largest absolute Gasteiger partial charge is 0.444 e. The van der Waals surface area contributed by atoms with Gasteiger partial charge in [0.05, 0.1) is 5.56 Å². The van der Waals surface area contributed by atoms with Crippen LogP contribution >= 0.6 is 0 Å². The van der Waals surface area contributed by atoms with E-state index in [9.17, 15) is 14.0 Å². The Bertz CT molecular complexity index is 851. The Morgan fingerprint density at radius 2 is 1.93 bits per heavy atom. The number of aromatic nitrogens is 1. The van der Waals surface area contributed by atoms with E-state index < -0.39 is 17.5 Å². The molecular formula is C20H24FN3O4. The first-order valence-electron chi connectivity index (χ1n) is 9.23. The van der Waals surface area contributed by atoms with Gasteiger partial charge in [-0.2, -0.15) is 0 Å². The molecule has 0 aliphatic carbocycles. The Morgan fingerprint density at radius 3 is 2.57 bits per heavy atom. The van der Waals surface area contributed by atoms with Crippen molar-refractivity contribution in [2.24, 2.45) is 0 Å². The van der Waals surface area contributed by atoms with Gasteiger partial charge in [0.25, 0.3) is 5.91 Å². The molecule has 2 heterocycles. The molecule has 0 radical (unpaired) electrons. The van der Waals surface area contributed by atoms with Gasteiger partial charge in [0.15, 0.2) is 11.5 Å². The van der Waals surface area contributed by atoms with Crippen molar-refractivity contribution < 1.29 is 23.2 Å². The number of hydrogen-bond acceptors (Lipinski definition) is 5. The number of carbonyl (C=O) groups is 2. The Hall–Kier alpha value is -2.90. The van der Waals surface area contributed by atoms with Crippen LogP contribution < -0.4 is 5.32 Å². The molecule has 0 unspecified atom stereocenters. The highest BCUT2D eigenvalue weighted by Crippen LogP contribution is 2.24. The topological polar surface area (TPSA) is 84.7 Å². The molecular weight excluding hydrogens is 365 g/mol. The Morgan fingerprint density at radius 1 is 1.25 bits per heavy atom. The average Bonchev–Trinajstić information content (AvgIpc) is 3.10. The summed E-state index contributed by atoms with van der Waals surface area (Å²) in [4.78, 5) is 26.2. The summed E-state index contributed by atoms with van der Waals surface area (Å²) in [7, 11) is 0. The molecule has 1 N–H and O–H groups in total. The van der Waals surface area contributed by atoms with Crippen molar-refractivity contribution >= 4 is 12.0 Å². The van der Waals surface area contributed by atoms with Crippen molar-refractivity contribution in [1.82, 2.24) is 15.4 Å². The smallest absolute Gasteiger partial charge is 0.407 e. The fraction of sp³-hybridized carbons (Fsp3) is 0.450. The maximum Gasteiger partial charge on any atom is 0.407 e. The number of hydrogen-bond donors (Lipinski definition) is 1. The molecule has 8 heteroatoms. The molecule has 3 rings (SSSR count). The monoisotopic (exact) mass is 389 g/mol. The summed E-state index contributed by atoms with van der Waals surface area (Å²) in [6, 6.07) is 7.55. The number of benzene rings is 1. The molecule has 1 aromatic heterocycles. The SMILES string of the molecule is CC(C)(C)OC(=O)NC1CCN(C(=O)c2cc(-c3ccccc3F)on2)CC1. The number of carbonyl (C=O) groups excluding carboxylic acids is 2. The summed E-state index contributed by atoms with van der Waals surface area (Å²) in [5.74, 6) is -0.503. The minimum absolute atomic E-state index is 0.0508. The van der Waals surface area contributed by atoms with Gasteiger partial charge in [-0.05, 0) is 45.7 Å². The first-order valence-corrected chi connectivity index (χ1v) is 9.23. The number of nitrogens with one attached hydrogen (secondary N) is 1. The zero-order chi connectivity index (χ0) is 20.3. The van der Waals surface area contributed by atoms with Gasteiger partial charge >= 0.3 is 6.09 Å². The molecule has 1 aromatic carbocycles. The lowest BCUT2D eigenvalue weighted by Gasteiger charge is -2.32. The normalized spacial score (nSPS) is 15.4. The van der Waals surface area contributed by atoms with Crippen molar-refractivity contribution in [1.29, 1.82) is 0 Å². The molecule has 1 saturated heterocycles. The van der Waals surface area contributed by atoms with Crippen molar-refractivity contribution in [2.45, 2.75) is 45.3 Å². The molecule has 2 amide bonds. The minimum Gasteiger partial charge on any atom is -0.444 e. The maximum atomic E-state index is 13.9. The third-order valence-corrected chi connectivity index (χ3v) is 4.37. The Balaban J connectivity index is 1.56. The fourth-order valence-electron chi connectivity index (χ4n) is 3.03. The van der Waals surface area contributed by atoms with Crippen LogP contribution in [-0.2, 0) is 4.74 Å². The third kappa shape index (κ3) is 4.88. The standard InChI is InChI=1S/C20H24FN3O4/c1-20(2,3)27-19(26)22-13-8-10-24(11-9-13)18(25)16-12-17(28-23-16)14-6-4-5-7-15(14)21/h4-7,12-13H,8-11H2,1-3H3,(H,22,26). The van der Waals surface area contributed by atoms with E-state index in [2.05, 4.69) is 10.5 Å². The maximum absolute atomic E-state index is 13.9. The lowest BCUT2D eigenvalue weighted by Crippen LogP contribution is -2.47. The van der Waals surface area contributed by atoms with Crippen molar-refractivity contribution in [2.75, 3.05) is 13.1 Å².